The standard InChI is InChI=1S/C12H20S/c1-8-7-11(10(3)9(8)2)13-12(4,5)6/h7,9H,1-6H3. The average molecular weight is 196 g/mol. The van der Waals surface area contributed by atoms with Crippen LogP contribution in [-0.2, 0) is 0 Å². The van der Waals surface area contributed by atoms with Crippen LogP contribution in [0.5, 0.6) is 0 Å². The van der Waals surface area contributed by atoms with E-state index < -0.39 is 0 Å². The first-order chi connectivity index (χ1) is 5.81. The Hall–Kier alpha value is -0.170. The molecule has 1 atom stereocenters. The molecule has 0 bridgehead atoms. The van der Waals surface area contributed by atoms with Gasteiger partial charge in [-0.3, -0.25) is 0 Å². The molecular formula is C12H20S. The molecule has 0 N–H and O–H groups in total. The molecule has 13 heavy (non-hydrogen) atoms. The Labute approximate surface area is 86.5 Å². The molecule has 0 saturated carbocycles. The van der Waals surface area contributed by atoms with Gasteiger partial charge in [0, 0.05) is 9.65 Å². The number of rotatable bonds is 1. The summed E-state index contributed by atoms with van der Waals surface area (Å²) in [5.41, 5.74) is 3.04. The largest absolute Gasteiger partial charge is 0.120 e. The Bertz CT molecular complexity index is 263. The molecule has 1 aliphatic carbocycles. The summed E-state index contributed by atoms with van der Waals surface area (Å²) in [7, 11) is 0. The molecule has 0 fully saturated rings. The zero-order valence-corrected chi connectivity index (χ0v) is 10.4. The molecule has 1 unspecified atom stereocenters. The molecule has 0 saturated heterocycles. The highest BCUT2D eigenvalue weighted by molar-refractivity contribution is 8.04. The molecular weight excluding hydrogens is 176 g/mol. The summed E-state index contributed by atoms with van der Waals surface area (Å²) in [6, 6.07) is 0. The second-order valence-corrected chi connectivity index (χ2v) is 6.74. The van der Waals surface area contributed by atoms with Crippen LogP contribution in [0, 0.1) is 5.92 Å². The molecule has 0 aromatic rings. The van der Waals surface area contributed by atoms with Crippen molar-refractivity contribution < 1.29 is 0 Å². The Morgan fingerprint density at radius 2 is 1.77 bits per heavy atom. The van der Waals surface area contributed by atoms with Crippen LogP contribution in [0.1, 0.15) is 41.5 Å². The fourth-order valence-electron chi connectivity index (χ4n) is 1.44. The van der Waals surface area contributed by atoms with Gasteiger partial charge in [-0.25, -0.2) is 0 Å². The summed E-state index contributed by atoms with van der Waals surface area (Å²) >= 11 is 1.98. The van der Waals surface area contributed by atoms with E-state index in [1.165, 1.54) is 16.1 Å². The van der Waals surface area contributed by atoms with Crippen LogP contribution in [0.3, 0.4) is 0 Å². The van der Waals surface area contributed by atoms with Crippen LogP contribution in [-0.4, -0.2) is 4.75 Å². The second-order valence-electron chi connectivity index (χ2n) is 4.87. The molecule has 0 nitrogen and oxygen atoms in total. The highest BCUT2D eigenvalue weighted by Crippen LogP contribution is 2.41. The van der Waals surface area contributed by atoms with E-state index in [4.69, 9.17) is 0 Å². The number of hydrogen-bond acceptors (Lipinski definition) is 1. The van der Waals surface area contributed by atoms with Crippen LogP contribution < -0.4 is 0 Å². The fraction of sp³-hybridized carbons (Fsp3) is 0.667. The van der Waals surface area contributed by atoms with Gasteiger partial charge in [0.05, 0.1) is 0 Å². The van der Waals surface area contributed by atoms with Gasteiger partial charge in [-0.2, -0.15) is 0 Å². The molecule has 1 heteroatoms. The molecule has 74 valence electrons. The lowest BCUT2D eigenvalue weighted by atomic mass is 10.0. The smallest absolute Gasteiger partial charge is 0.0122 e. The SMILES string of the molecule is CC1=CC(SC(C)(C)C)=C(C)C1C. The van der Waals surface area contributed by atoms with Gasteiger partial charge in [-0.15, -0.1) is 11.8 Å². The predicted molar refractivity (Wildman–Crippen MR) is 63.0 cm³/mol. The van der Waals surface area contributed by atoms with Gasteiger partial charge in [0.15, 0.2) is 0 Å². The summed E-state index contributed by atoms with van der Waals surface area (Å²) in [6.07, 6.45) is 2.34. The zero-order valence-electron chi connectivity index (χ0n) is 9.56. The molecule has 0 aromatic heterocycles. The summed E-state index contributed by atoms with van der Waals surface area (Å²) < 4.78 is 0.331. The molecule has 0 aliphatic heterocycles. The van der Waals surface area contributed by atoms with Crippen LogP contribution in [0.25, 0.3) is 0 Å². The fourth-order valence-corrected chi connectivity index (χ4v) is 2.68. The van der Waals surface area contributed by atoms with Gasteiger partial charge < -0.3 is 0 Å². The normalized spacial score (nSPS) is 23.8. The summed E-state index contributed by atoms with van der Waals surface area (Å²) in [6.45, 7) is 13.6. The van der Waals surface area contributed by atoms with Crippen LogP contribution in [0.4, 0.5) is 0 Å². The van der Waals surface area contributed by atoms with Gasteiger partial charge >= 0.3 is 0 Å². The van der Waals surface area contributed by atoms with E-state index in [-0.39, 0.29) is 0 Å². The van der Waals surface area contributed by atoms with E-state index in [1.807, 2.05) is 11.8 Å². The van der Waals surface area contributed by atoms with E-state index in [2.05, 4.69) is 47.6 Å². The first kappa shape index (κ1) is 10.9. The molecule has 0 amide bonds. The Morgan fingerprint density at radius 3 is 2.08 bits per heavy atom. The van der Waals surface area contributed by atoms with Crippen molar-refractivity contribution in [2.45, 2.75) is 46.3 Å². The Morgan fingerprint density at radius 1 is 1.23 bits per heavy atom. The van der Waals surface area contributed by atoms with E-state index in [1.54, 1.807) is 0 Å². The van der Waals surface area contributed by atoms with Crippen LogP contribution in [0.15, 0.2) is 22.1 Å². The minimum Gasteiger partial charge on any atom is -0.120 e. The third kappa shape index (κ3) is 2.63. The minimum absolute atomic E-state index is 0.331. The lowest BCUT2D eigenvalue weighted by Crippen LogP contribution is -2.07. The number of thioether (sulfide) groups is 1. The first-order valence-corrected chi connectivity index (χ1v) is 5.71. The van der Waals surface area contributed by atoms with Crippen LogP contribution in [0.2, 0.25) is 0 Å². The van der Waals surface area contributed by atoms with Crippen molar-refractivity contribution in [2.24, 2.45) is 5.92 Å². The van der Waals surface area contributed by atoms with Crippen molar-refractivity contribution >= 4 is 11.8 Å². The maximum atomic E-state index is 2.34. The van der Waals surface area contributed by atoms with E-state index in [0.717, 1.165) is 0 Å². The summed E-state index contributed by atoms with van der Waals surface area (Å²) in [5, 5.41) is 0. The average Bonchev–Trinajstić information content (AvgIpc) is 2.15. The van der Waals surface area contributed by atoms with Crippen molar-refractivity contribution in [1.82, 2.24) is 0 Å². The topological polar surface area (TPSA) is 0 Å². The monoisotopic (exact) mass is 196 g/mol. The molecule has 0 radical (unpaired) electrons. The Balaban J connectivity index is 2.82. The van der Waals surface area contributed by atoms with Gasteiger partial charge in [-0.1, -0.05) is 38.8 Å². The molecule has 0 heterocycles. The first-order valence-electron chi connectivity index (χ1n) is 4.89. The van der Waals surface area contributed by atoms with Crippen molar-refractivity contribution in [3.05, 3.63) is 22.1 Å². The van der Waals surface area contributed by atoms with Gasteiger partial charge in [0.2, 0.25) is 0 Å². The van der Waals surface area contributed by atoms with Gasteiger partial charge in [0.25, 0.3) is 0 Å². The second kappa shape index (κ2) is 3.53. The quantitative estimate of drug-likeness (QED) is 0.599. The minimum atomic E-state index is 0.331. The van der Waals surface area contributed by atoms with Crippen molar-refractivity contribution in [2.75, 3.05) is 0 Å². The van der Waals surface area contributed by atoms with Crippen LogP contribution >= 0.6 is 11.8 Å². The Kier molecular flexibility index (Phi) is 2.96. The molecule has 1 rings (SSSR count). The highest BCUT2D eigenvalue weighted by atomic mass is 32.2. The number of hydrogen-bond donors (Lipinski definition) is 0. The third-order valence-corrected chi connectivity index (χ3v) is 3.77. The van der Waals surface area contributed by atoms with Crippen molar-refractivity contribution in [3.8, 4) is 0 Å². The molecule has 0 aromatic carbocycles. The van der Waals surface area contributed by atoms with Gasteiger partial charge in [-0.05, 0) is 25.8 Å². The van der Waals surface area contributed by atoms with Crippen molar-refractivity contribution in [1.29, 1.82) is 0 Å². The summed E-state index contributed by atoms with van der Waals surface area (Å²) in [4.78, 5) is 1.48. The number of allylic oxidation sites excluding steroid dienone is 3. The van der Waals surface area contributed by atoms with Gasteiger partial charge in [0.1, 0.15) is 0 Å². The molecule has 0 spiro atoms. The van der Waals surface area contributed by atoms with E-state index in [9.17, 15) is 0 Å². The zero-order chi connectivity index (χ0) is 10.2. The van der Waals surface area contributed by atoms with E-state index >= 15 is 0 Å². The van der Waals surface area contributed by atoms with Crippen molar-refractivity contribution in [3.63, 3.8) is 0 Å². The maximum Gasteiger partial charge on any atom is 0.0122 e. The molecule has 1 aliphatic rings. The highest BCUT2D eigenvalue weighted by Gasteiger charge is 2.22. The lowest BCUT2D eigenvalue weighted by molar-refractivity contribution is 0.803. The van der Waals surface area contributed by atoms with E-state index in [0.29, 0.717) is 10.7 Å². The summed E-state index contributed by atoms with van der Waals surface area (Å²) in [5.74, 6) is 0.657. The third-order valence-electron chi connectivity index (χ3n) is 2.50. The lowest BCUT2D eigenvalue weighted by Gasteiger charge is -2.18. The predicted octanol–water partition coefficient (Wildman–Crippen LogP) is 4.39. The maximum absolute atomic E-state index is 2.34.